The van der Waals surface area contributed by atoms with E-state index in [2.05, 4.69) is 30.3 Å². The second-order valence-corrected chi connectivity index (χ2v) is 8.50. The fourth-order valence-corrected chi connectivity index (χ4v) is 6.60. The first-order valence-electron chi connectivity index (χ1n) is 9.10. The molecule has 0 heterocycles. The van der Waals surface area contributed by atoms with Crippen LogP contribution in [-0.4, -0.2) is 6.04 Å². The van der Waals surface area contributed by atoms with Gasteiger partial charge >= 0.3 is 0 Å². The molecule has 4 bridgehead atoms. The van der Waals surface area contributed by atoms with Crippen LogP contribution in [0.4, 0.5) is 0 Å². The van der Waals surface area contributed by atoms with Gasteiger partial charge in [-0.2, -0.15) is 0 Å². The number of benzene rings is 1. The maximum atomic E-state index is 6.83. The first-order chi connectivity index (χ1) is 10.3. The molecule has 0 spiro atoms. The molecule has 6 rings (SSSR count). The van der Waals surface area contributed by atoms with Gasteiger partial charge < -0.3 is 5.73 Å². The van der Waals surface area contributed by atoms with E-state index in [0.29, 0.717) is 6.04 Å². The maximum Gasteiger partial charge on any atom is 0.0107 e. The molecule has 0 aromatic heterocycles. The van der Waals surface area contributed by atoms with Crippen LogP contribution in [0, 0.1) is 35.5 Å². The summed E-state index contributed by atoms with van der Waals surface area (Å²) in [5.74, 6) is 6.49. The Bertz CT molecular complexity index is 494. The van der Waals surface area contributed by atoms with Gasteiger partial charge in [-0.15, -0.1) is 0 Å². The van der Waals surface area contributed by atoms with Crippen LogP contribution in [0.5, 0.6) is 0 Å². The van der Waals surface area contributed by atoms with Gasteiger partial charge in [-0.25, -0.2) is 0 Å². The Morgan fingerprint density at radius 3 is 2.05 bits per heavy atom. The Balaban J connectivity index is 1.33. The van der Waals surface area contributed by atoms with Crippen LogP contribution in [-0.2, 0) is 0 Å². The zero-order chi connectivity index (χ0) is 14.0. The average molecular weight is 281 g/mol. The Morgan fingerprint density at radius 2 is 1.43 bits per heavy atom. The molecule has 112 valence electrons. The molecule has 5 aliphatic carbocycles. The Hall–Kier alpha value is -0.820. The van der Waals surface area contributed by atoms with Crippen LogP contribution >= 0.6 is 0 Å². The van der Waals surface area contributed by atoms with E-state index < -0.39 is 0 Å². The van der Waals surface area contributed by atoms with Crippen molar-refractivity contribution in [3.63, 3.8) is 0 Å². The average Bonchev–Trinajstić information content (AvgIpc) is 3.27. The zero-order valence-corrected chi connectivity index (χ0v) is 12.8. The van der Waals surface area contributed by atoms with E-state index in [9.17, 15) is 0 Å². The third-order valence-electron chi connectivity index (χ3n) is 7.31. The fourth-order valence-electron chi connectivity index (χ4n) is 6.60. The van der Waals surface area contributed by atoms with Crippen molar-refractivity contribution in [1.29, 1.82) is 0 Å². The highest BCUT2D eigenvalue weighted by atomic mass is 14.8. The smallest absolute Gasteiger partial charge is 0.0107 e. The molecular weight excluding hydrogens is 254 g/mol. The second kappa shape index (κ2) is 4.59. The summed E-state index contributed by atoms with van der Waals surface area (Å²) in [6.45, 7) is 0. The number of nitrogens with two attached hydrogens (primary N) is 1. The third-order valence-corrected chi connectivity index (χ3v) is 7.31. The van der Waals surface area contributed by atoms with E-state index in [-0.39, 0.29) is 0 Å². The second-order valence-electron chi connectivity index (χ2n) is 8.50. The summed E-state index contributed by atoms with van der Waals surface area (Å²) in [5.41, 5.74) is 8.36. The zero-order valence-electron chi connectivity index (χ0n) is 12.8. The number of hydrogen-bond donors (Lipinski definition) is 1. The molecule has 21 heavy (non-hydrogen) atoms. The largest absolute Gasteiger partial charge is 0.327 e. The summed E-state index contributed by atoms with van der Waals surface area (Å²) in [4.78, 5) is 0. The Kier molecular flexibility index (Phi) is 2.77. The molecule has 3 atom stereocenters. The van der Waals surface area contributed by atoms with E-state index >= 15 is 0 Å². The van der Waals surface area contributed by atoms with Crippen LogP contribution < -0.4 is 5.73 Å². The van der Waals surface area contributed by atoms with Gasteiger partial charge in [0.2, 0.25) is 0 Å². The molecular formula is C20H27N. The minimum atomic E-state index is 0.477. The lowest BCUT2D eigenvalue weighted by molar-refractivity contribution is -0.0495. The molecule has 2 N–H and O–H groups in total. The summed E-state index contributed by atoms with van der Waals surface area (Å²) in [6.07, 6.45) is 8.92. The quantitative estimate of drug-likeness (QED) is 0.883. The number of rotatable bonds is 3. The molecule has 1 heteroatoms. The van der Waals surface area contributed by atoms with Crippen molar-refractivity contribution < 1.29 is 0 Å². The molecule has 0 saturated heterocycles. The van der Waals surface area contributed by atoms with Gasteiger partial charge in [-0.1, -0.05) is 30.3 Å². The molecule has 0 amide bonds. The van der Waals surface area contributed by atoms with Crippen LogP contribution in [0.15, 0.2) is 30.3 Å². The van der Waals surface area contributed by atoms with E-state index in [4.69, 9.17) is 5.73 Å². The first kappa shape index (κ1) is 12.7. The molecule has 0 aliphatic heterocycles. The molecule has 1 aromatic rings. The van der Waals surface area contributed by atoms with Gasteiger partial charge in [0, 0.05) is 6.04 Å². The van der Waals surface area contributed by atoms with Crippen molar-refractivity contribution in [2.75, 3.05) is 0 Å². The lowest BCUT2D eigenvalue weighted by Crippen LogP contribution is -2.52. The summed E-state index contributed by atoms with van der Waals surface area (Å²) in [5, 5.41) is 0. The van der Waals surface area contributed by atoms with Crippen molar-refractivity contribution in [1.82, 2.24) is 0 Å². The third kappa shape index (κ3) is 2.00. The highest BCUT2D eigenvalue weighted by Gasteiger charge is 2.54. The maximum absolute atomic E-state index is 6.83. The Labute approximate surface area is 128 Å². The standard InChI is InChI=1S/C20H27N/c21-20(18-11-17(18)14-4-2-1-3-5-14)19-15-7-12-6-13(9-15)10-16(19)8-12/h1-5,12-13,15-20H,6-11,21H2. The summed E-state index contributed by atoms with van der Waals surface area (Å²) < 4.78 is 0. The monoisotopic (exact) mass is 281 g/mol. The van der Waals surface area contributed by atoms with Gasteiger partial charge in [0.05, 0.1) is 0 Å². The SMILES string of the molecule is NC(C1CC1c1ccccc1)C1C2CC3CC(C2)CC1C3. The van der Waals surface area contributed by atoms with E-state index in [1.807, 2.05) is 0 Å². The fraction of sp³-hybridized carbons (Fsp3) is 0.700. The van der Waals surface area contributed by atoms with Crippen molar-refractivity contribution >= 4 is 0 Å². The van der Waals surface area contributed by atoms with E-state index in [1.165, 1.54) is 37.7 Å². The summed E-state index contributed by atoms with van der Waals surface area (Å²) in [6, 6.07) is 11.6. The van der Waals surface area contributed by atoms with Gasteiger partial charge in [0.1, 0.15) is 0 Å². The van der Waals surface area contributed by atoms with Crippen LogP contribution in [0.1, 0.15) is 50.0 Å². The molecule has 5 fully saturated rings. The van der Waals surface area contributed by atoms with Crippen molar-refractivity contribution in [3.05, 3.63) is 35.9 Å². The molecule has 5 aliphatic rings. The number of hydrogen-bond acceptors (Lipinski definition) is 1. The summed E-state index contributed by atoms with van der Waals surface area (Å²) in [7, 11) is 0. The molecule has 1 nitrogen and oxygen atoms in total. The van der Waals surface area contributed by atoms with E-state index in [0.717, 1.165) is 41.4 Å². The van der Waals surface area contributed by atoms with E-state index in [1.54, 1.807) is 6.42 Å². The molecule has 0 radical (unpaired) electrons. The van der Waals surface area contributed by atoms with Gasteiger partial charge in [-0.05, 0) is 85.5 Å². The molecule has 1 aromatic carbocycles. The minimum absolute atomic E-state index is 0.477. The predicted octanol–water partition coefficient (Wildman–Crippen LogP) is 4.19. The molecule has 5 saturated carbocycles. The highest BCUT2D eigenvalue weighted by molar-refractivity contribution is 5.27. The van der Waals surface area contributed by atoms with Crippen LogP contribution in [0.25, 0.3) is 0 Å². The lowest BCUT2D eigenvalue weighted by atomic mass is 9.50. The summed E-state index contributed by atoms with van der Waals surface area (Å²) >= 11 is 0. The van der Waals surface area contributed by atoms with Gasteiger partial charge in [-0.3, -0.25) is 0 Å². The normalized spacial score (nSPS) is 48.3. The topological polar surface area (TPSA) is 26.0 Å². The lowest BCUT2D eigenvalue weighted by Gasteiger charge is -2.56. The first-order valence-corrected chi connectivity index (χ1v) is 9.10. The predicted molar refractivity (Wildman–Crippen MR) is 85.8 cm³/mol. The van der Waals surface area contributed by atoms with Crippen molar-refractivity contribution in [2.45, 2.75) is 50.5 Å². The van der Waals surface area contributed by atoms with Gasteiger partial charge in [0.15, 0.2) is 0 Å². The van der Waals surface area contributed by atoms with Crippen molar-refractivity contribution in [3.8, 4) is 0 Å². The van der Waals surface area contributed by atoms with Crippen LogP contribution in [0.2, 0.25) is 0 Å². The van der Waals surface area contributed by atoms with Crippen LogP contribution in [0.3, 0.4) is 0 Å². The minimum Gasteiger partial charge on any atom is -0.327 e. The highest BCUT2D eigenvalue weighted by Crippen LogP contribution is 2.60. The molecule has 3 unspecified atom stereocenters. The van der Waals surface area contributed by atoms with Gasteiger partial charge in [0.25, 0.3) is 0 Å². The van der Waals surface area contributed by atoms with Crippen molar-refractivity contribution in [2.24, 2.45) is 41.2 Å². The Morgan fingerprint density at radius 1 is 0.810 bits per heavy atom.